The predicted molar refractivity (Wildman–Crippen MR) is 160 cm³/mol. The van der Waals surface area contributed by atoms with E-state index < -0.39 is 14.2 Å². The van der Waals surface area contributed by atoms with E-state index in [4.69, 9.17) is 35.5 Å². The number of aliphatic hydroxyl groups is 1. The largest absolute Gasteiger partial charge is 0.470 e. The Balaban J connectivity index is 1.30. The van der Waals surface area contributed by atoms with Crippen LogP contribution in [0.15, 0.2) is 66.7 Å². The summed E-state index contributed by atoms with van der Waals surface area (Å²) in [5.74, 6) is 0.613. The number of pyridine rings is 1. The number of hydrogen-bond donors (Lipinski definition) is 1. The lowest BCUT2D eigenvalue weighted by Gasteiger charge is -2.20. The molecule has 0 bridgehead atoms. The molecule has 2 aromatic carbocycles. The maximum atomic E-state index is 10.2. The fourth-order valence-corrected chi connectivity index (χ4v) is 6.26. The molecule has 1 N–H and O–H groups in total. The highest BCUT2D eigenvalue weighted by Crippen LogP contribution is 2.36. The summed E-state index contributed by atoms with van der Waals surface area (Å²) in [7, 11) is -1.23. The average Bonchev–Trinajstić information content (AvgIpc) is 3.61. The van der Waals surface area contributed by atoms with Crippen LogP contribution < -0.4 is 4.74 Å². The highest BCUT2D eigenvalue weighted by molar-refractivity contribution is 6.76. The molecule has 2 aliphatic heterocycles. The van der Waals surface area contributed by atoms with E-state index in [2.05, 4.69) is 56.0 Å². The fraction of sp³-hybridized carbons (Fsp3) is 0.387. The summed E-state index contributed by atoms with van der Waals surface area (Å²) >= 11 is 6.84. The lowest BCUT2D eigenvalue weighted by atomic mass is 10.0. The zero-order valence-corrected chi connectivity index (χ0v) is 24.8. The molecule has 40 heavy (non-hydrogen) atoms. The van der Waals surface area contributed by atoms with Crippen molar-refractivity contribution in [1.82, 2.24) is 9.55 Å². The van der Waals surface area contributed by atoms with Gasteiger partial charge in [-0.2, -0.15) is 0 Å². The number of hydrogen-bond acceptors (Lipinski definition) is 6. The third kappa shape index (κ3) is 5.70. The van der Waals surface area contributed by atoms with Gasteiger partial charge in [-0.05, 0) is 23.2 Å². The van der Waals surface area contributed by atoms with Crippen LogP contribution >= 0.6 is 11.6 Å². The Bertz CT molecular complexity index is 1470. The Morgan fingerprint density at radius 3 is 2.40 bits per heavy atom. The molecule has 0 amide bonds. The first kappa shape index (κ1) is 27.4. The summed E-state index contributed by atoms with van der Waals surface area (Å²) in [6.07, 6.45) is -1.66. The molecular formula is C31H35ClN2O5Si. The van der Waals surface area contributed by atoms with Crippen molar-refractivity contribution in [1.29, 1.82) is 0 Å². The van der Waals surface area contributed by atoms with Gasteiger partial charge in [0.05, 0.1) is 35.0 Å². The van der Waals surface area contributed by atoms with E-state index in [9.17, 15) is 5.11 Å². The van der Waals surface area contributed by atoms with Crippen molar-refractivity contribution in [2.24, 2.45) is 0 Å². The lowest BCUT2D eigenvalue weighted by Crippen LogP contribution is -2.35. The van der Waals surface area contributed by atoms with Crippen LogP contribution in [-0.2, 0) is 20.9 Å². The number of aliphatic hydroxyl groups excluding tert-OH is 1. The smallest absolute Gasteiger partial charge is 0.198 e. The van der Waals surface area contributed by atoms with E-state index in [1.807, 2.05) is 34.9 Å². The molecule has 0 spiro atoms. The molecule has 2 fully saturated rings. The third-order valence-electron chi connectivity index (χ3n) is 7.54. The van der Waals surface area contributed by atoms with E-state index in [0.29, 0.717) is 36.5 Å². The number of fused-ring (bicyclic) bond motifs is 2. The van der Waals surface area contributed by atoms with E-state index in [0.717, 1.165) is 33.8 Å². The Morgan fingerprint density at radius 2 is 1.65 bits per heavy atom. The highest BCUT2D eigenvalue weighted by atomic mass is 35.5. The second kappa shape index (κ2) is 11.3. The molecule has 2 saturated heterocycles. The molecule has 0 aliphatic carbocycles. The van der Waals surface area contributed by atoms with E-state index in [1.165, 1.54) is 0 Å². The SMILES string of the molecule is C[Si](C)(C)CCOCn1c(O[C@@H]2COC3C2OC[C@H]3O)cc2nc(-c3ccc(-c4ccccc4)cc3)c(Cl)cc21. The van der Waals surface area contributed by atoms with Gasteiger partial charge in [-0.15, -0.1) is 0 Å². The maximum absolute atomic E-state index is 10.2. The molecular weight excluding hydrogens is 544 g/mol. The van der Waals surface area contributed by atoms with Gasteiger partial charge < -0.3 is 24.1 Å². The van der Waals surface area contributed by atoms with Crippen molar-refractivity contribution >= 4 is 30.7 Å². The Hall–Kier alpha value is -2.72. The van der Waals surface area contributed by atoms with Crippen LogP contribution in [0.1, 0.15) is 0 Å². The highest BCUT2D eigenvalue weighted by Gasteiger charge is 2.48. The minimum Gasteiger partial charge on any atom is -0.470 e. The number of rotatable bonds is 9. The second-order valence-corrected chi connectivity index (χ2v) is 17.8. The van der Waals surface area contributed by atoms with Gasteiger partial charge in [-0.25, -0.2) is 4.98 Å². The molecule has 9 heteroatoms. The molecule has 2 aromatic heterocycles. The number of halogens is 1. The van der Waals surface area contributed by atoms with Gasteiger partial charge in [-0.3, -0.25) is 4.57 Å². The average molecular weight is 579 g/mol. The van der Waals surface area contributed by atoms with Crippen molar-refractivity contribution in [3.63, 3.8) is 0 Å². The molecule has 4 aromatic rings. The molecule has 0 saturated carbocycles. The van der Waals surface area contributed by atoms with Gasteiger partial charge in [-0.1, -0.05) is 85.8 Å². The predicted octanol–water partition coefficient (Wildman–Crippen LogP) is 6.24. The van der Waals surface area contributed by atoms with Crippen LogP contribution in [0.4, 0.5) is 0 Å². The van der Waals surface area contributed by atoms with Crippen molar-refractivity contribution in [3.8, 4) is 28.3 Å². The summed E-state index contributed by atoms with van der Waals surface area (Å²) in [5.41, 5.74) is 5.54. The minimum absolute atomic E-state index is 0.252. The monoisotopic (exact) mass is 578 g/mol. The van der Waals surface area contributed by atoms with Gasteiger partial charge in [0, 0.05) is 26.3 Å². The zero-order valence-electron chi connectivity index (χ0n) is 23.0. The van der Waals surface area contributed by atoms with E-state index >= 15 is 0 Å². The van der Waals surface area contributed by atoms with Gasteiger partial charge in [0.1, 0.15) is 25.0 Å². The molecule has 4 heterocycles. The van der Waals surface area contributed by atoms with Gasteiger partial charge >= 0.3 is 0 Å². The molecule has 210 valence electrons. The lowest BCUT2D eigenvalue weighted by molar-refractivity contribution is 0.00479. The van der Waals surface area contributed by atoms with E-state index in [-0.39, 0.29) is 24.9 Å². The second-order valence-electron chi connectivity index (χ2n) is 11.7. The summed E-state index contributed by atoms with van der Waals surface area (Å²) in [6, 6.07) is 23.5. The first-order valence-corrected chi connectivity index (χ1v) is 17.9. The first-order chi connectivity index (χ1) is 19.3. The molecule has 2 unspecified atom stereocenters. The molecule has 7 nitrogen and oxygen atoms in total. The maximum Gasteiger partial charge on any atom is 0.198 e. The Morgan fingerprint density at radius 1 is 0.950 bits per heavy atom. The standard InChI is InChI=1S/C31H35ClN2O5Si/c1-40(2,3)14-13-36-19-34-25-15-23(32)29(22-11-9-21(10-12-22)20-7-5-4-6-8-20)33-24(25)16-28(34)39-27-18-38-30-26(35)17-37-31(27)30/h4-12,15-16,26-27,30-31,35H,13-14,17-19H2,1-3H3/t26-,27-,30?,31?/m1/s1. The number of benzene rings is 2. The normalized spacial score (nSPS) is 22.6. The fourth-order valence-electron chi connectivity index (χ4n) is 5.25. The molecule has 2 aliphatic rings. The van der Waals surface area contributed by atoms with E-state index in [1.54, 1.807) is 0 Å². The van der Waals surface area contributed by atoms with Crippen LogP contribution in [0.25, 0.3) is 33.4 Å². The third-order valence-corrected chi connectivity index (χ3v) is 9.53. The van der Waals surface area contributed by atoms with Crippen LogP contribution in [0, 0.1) is 0 Å². The van der Waals surface area contributed by atoms with Crippen molar-refractivity contribution in [2.75, 3.05) is 19.8 Å². The van der Waals surface area contributed by atoms with Gasteiger partial charge in [0.15, 0.2) is 12.0 Å². The molecule has 0 radical (unpaired) electrons. The number of ether oxygens (including phenoxy) is 4. The number of nitrogens with zero attached hydrogens (tertiary/aromatic N) is 2. The summed E-state index contributed by atoms with van der Waals surface area (Å²) in [6.45, 7) is 8.59. The van der Waals surface area contributed by atoms with Crippen molar-refractivity contribution in [3.05, 3.63) is 71.8 Å². The van der Waals surface area contributed by atoms with Crippen LogP contribution in [-0.4, -0.2) is 67.0 Å². The zero-order chi connectivity index (χ0) is 27.9. The Kier molecular flexibility index (Phi) is 7.74. The van der Waals surface area contributed by atoms with Crippen molar-refractivity contribution < 1.29 is 24.1 Å². The van der Waals surface area contributed by atoms with Crippen molar-refractivity contribution in [2.45, 2.75) is 56.8 Å². The van der Waals surface area contributed by atoms with Gasteiger partial charge in [0.2, 0.25) is 0 Å². The van der Waals surface area contributed by atoms with Gasteiger partial charge in [0.25, 0.3) is 0 Å². The van der Waals surface area contributed by atoms with Crippen LogP contribution in [0.3, 0.4) is 0 Å². The van der Waals surface area contributed by atoms with Crippen LogP contribution in [0.2, 0.25) is 30.7 Å². The Labute approximate surface area is 240 Å². The molecule has 6 rings (SSSR count). The summed E-state index contributed by atoms with van der Waals surface area (Å²) in [4.78, 5) is 4.97. The molecule has 4 atom stereocenters. The van der Waals surface area contributed by atoms with Crippen LogP contribution in [0.5, 0.6) is 5.88 Å². The topological polar surface area (TPSA) is 75.0 Å². The summed E-state index contributed by atoms with van der Waals surface area (Å²) in [5, 5.41) is 10.7. The quantitative estimate of drug-likeness (QED) is 0.187. The summed E-state index contributed by atoms with van der Waals surface area (Å²) < 4.78 is 26.1. The first-order valence-electron chi connectivity index (χ1n) is 13.8. The number of aromatic nitrogens is 2. The minimum atomic E-state index is -1.23.